The highest BCUT2D eigenvalue weighted by Gasteiger charge is 2.24. The first-order valence-corrected chi connectivity index (χ1v) is 5.19. The van der Waals surface area contributed by atoms with Crippen LogP contribution in [-0.4, -0.2) is 18.5 Å². The van der Waals surface area contributed by atoms with Crippen LogP contribution in [0.25, 0.3) is 0 Å². The van der Waals surface area contributed by atoms with Crippen molar-refractivity contribution < 1.29 is 4.79 Å². The Morgan fingerprint density at radius 1 is 1.57 bits per heavy atom. The Morgan fingerprint density at radius 2 is 2.43 bits per heavy atom. The van der Waals surface area contributed by atoms with Gasteiger partial charge in [-0.2, -0.15) is 0 Å². The first kappa shape index (κ1) is 9.46. The number of hydrogen-bond acceptors (Lipinski definition) is 2. The Labute approximate surface area is 84.0 Å². The number of hydrogen-bond donors (Lipinski definition) is 2. The molecule has 1 aliphatic carbocycles. The van der Waals surface area contributed by atoms with E-state index in [4.69, 9.17) is 5.73 Å². The molecule has 2 rings (SSSR count). The van der Waals surface area contributed by atoms with Crippen molar-refractivity contribution in [2.45, 2.75) is 25.3 Å². The summed E-state index contributed by atoms with van der Waals surface area (Å²) < 4.78 is 0. The van der Waals surface area contributed by atoms with Gasteiger partial charge in [-0.25, -0.2) is 0 Å². The molecule has 3 nitrogen and oxygen atoms in total. The molecule has 1 amide bonds. The minimum absolute atomic E-state index is 0.316. The lowest BCUT2D eigenvalue weighted by molar-refractivity contribution is -0.114. The molecule has 1 heterocycles. The summed E-state index contributed by atoms with van der Waals surface area (Å²) in [5.74, 6) is 0.133. The van der Waals surface area contributed by atoms with Crippen molar-refractivity contribution in [1.29, 1.82) is 0 Å². The van der Waals surface area contributed by atoms with Crippen LogP contribution in [-0.2, 0) is 4.79 Å². The summed E-state index contributed by atoms with van der Waals surface area (Å²) in [6.07, 6.45) is 9.37. The van der Waals surface area contributed by atoms with Gasteiger partial charge in [0.1, 0.15) is 0 Å². The van der Waals surface area contributed by atoms with Gasteiger partial charge in [0.2, 0.25) is 5.91 Å². The molecule has 3 heteroatoms. The van der Waals surface area contributed by atoms with E-state index < -0.39 is 0 Å². The van der Waals surface area contributed by atoms with E-state index in [2.05, 4.69) is 5.32 Å². The maximum atomic E-state index is 11.0. The average molecular weight is 192 g/mol. The predicted molar refractivity (Wildman–Crippen MR) is 55.5 cm³/mol. The molecule has 2 unspecified atom stereocenters. The summed E-state index contributed by atoms with van der Waals surface area (Å²) in [5, 5.41) is 3.46. The van der Waals surface area contributed by atoms with Gasteiger partial charge >= 0.3 is 0 Å². The van der Waals surface area contributed by atoms with Crippen molar-refractivity contribution in [3.63, 3.8) is 0 Å². The first-order valence-electron chi connectivity index (χ1n) is 5.19. The molecule has 0 aromatic carbocycles. The Balaban J connectivity index is 2.07. The van der Waals surface area contributed by atoms with Gasteiger partial charge in [0.05, 0.1) is 0 Å². The molecule has 3 N–H and O–H groups in total. The lowest BCUT2D eigenvalue weighted by atomic mass is 9.89. The summed E-state index contributed by atoms with van der Waals surface area (Å²) in [7, 11) is 0. The second-order valence-electron chi connectivity index (χ2n) is 3.99. The van der Waals surface area contributed by atoms with Crippen LogP contribution in [0.5, 0.6) is 0 Å². The lowest BCUT2D eigenvalue weighted by Crippen LogP contribution is -2.30. The van der Waals surface area contributed by atoms with Gasteiger partial charge in [0.25, 0.3) is 0 Å². The number of amides is 1. The highest BCUT2D eigenvalue weighted by atomic mass is 16.1. The molecule has 0 spiro atoms. The molecule has 2 atom stereocenters. The van der Waals surface area contributed by atoms with Gasteiger partial charge in [-0.05, 0) is 31.7 Å². The molecule has 76 valence electrons. The summed E-state index contributed by atoms with van der Waals surface area (Å²) in [5.41, 5.74) is 5.91. The number of nitrogens with one attached hydrogen (secondary N) is 1. The summed E-state index contributed by atoms with van der Waals surface area (Å²) >= 11 is 0. The number of primary amides is 1. The molecule has 1 aliphatic heterocycles. The van der Waals surface area contributed by atoms with Crippen molar-refractivity contribution in [2.24, 2.45) is 11.7 Å². The molecule has 1 fully saturated rings. The van der Waals surface area contributed by atoms with Crippen LogP contribution in [0, 0.1) is 5.92 Å². The Hall–Kier alpha value is -1.09. The number of carbonyl (C=O) groups is 1. The number of nitrogens with two attached hydrogens (primary N) is 1. The average Bonchev–Trinajstić information content (AvgIpc) is 2.71. The molecule has 0 aromatic rings. The standard InChI is InChI=1S/C11H16N2O/c12-11(14)9-4-1-3-8(7-9)10-5-2-6-13-10/h1,4,7-8,10,13H,2-3,5-6H2,(H2,12,14). The second-order valence-corrected chi connectivity index (χ2v) is 3.99. The fourth-order valence-corrected chi connectivity index (χ4v) is 2.23. The number of carbonyl (C=O) groups excluding carboxylic acids is 1. The molecule has 14 heavy (non-hydrogen) atoms. The Morgan fingerprint density at radius 3 is 3.07 bits per heavy atom. The van der Waals surface area contributed by atoms with Crippen LogP contribution in [0.2, 0.25) is 0 Å². The third kappa shape index (κ3) is 1.87. The maximum absolute atomic E-state index is 11.0. The minimum atomic E-state index is -0.316. The van der Waals surface area contributed by atoms with Gasteiger partial charge in [-0.1, -0.05) is 18.2 Å². The zero-order chi connectivity index (χ0) is 9.97. The SMILES string of the molecule is NC(=O)C1=CC(C2CCCN2)CC=C1. The van der Waals surface area contributed by atoms with Crippen LogP contribution in [0.4, 0.5) is 0 Å². The lowest BCUT2D eigenvalue weighted by Gasteiger charge is -2.22. The summed E-state index contributed by atoms with van der Waals surface area (Å²) in [6.45, 7) is 1.10. The second kappa shape index (κ2) is 3.96. The molecule has 0 saturated carbocycles. The van der Waals surface area contributed by atoms with Crippen molar-refractivity contribution >= 4 is 5.91 Å². The largest absolute Gasteiger partial charge is 0.366 e. The predicted octanol–water partition coefficient (Wildman–Crippen LogP) is 0.726. The van der Waals surface area contributed by atoms with E-state index in [-0.39, 0.29) is 5.91 Å². The van der Waals surface area contributed by atoms with Gasteiger partial charge in [-0.3, -0.25) is 4.79 Å². The highest BCUT2D eigenvalue weighted by molar-refractivity contribution is 5.95. The molecular weight excluding hydrogens is 176 g/mol. The van der Waals surface area contributed by atoms with E-state index in [9.17, 15) is 4.79 Å². The van der Waals surface area contributed by atoms with Crippen LogP contribution in [0.1, 0.15) is 19.3 Å². The molecule has 0 aromatic heterocycles. The zero-order valence-electron chi connectivity index (χ0n) is 8.20. The van der Waals surface area contributed by atoms with E-state index in [1.165, 1.54) is 12.8 Å². The third-order valence-electron chi connectivity index (χ3n) is 3.00. The Bertz CT molecular complexity index is 288. The minimum Gasteiger partial charge on any atom is -0.366 e. The van der Waals surface area contributed by atoms with Gasteiger partial charge in [0.15, 0.2) is 0 Å². The van der Waals surface area contributed by atoms with E-state index in [1.807, 2.05) is 18.2 Å². The number of rotatable bonds is 2. The first-order chi connectivity index (χ1) is 6.77. The van der Waals surface area contributed by atoms with Crippen LogP contribution in [0.15, 0.2) is 23.8 Å². The molecule has 0 bridgehead atoms. The normalized spacial score (nSPS) is 31.6. The fraction of sp³-hybridized carbons (Fsp3) is 0.545. The Kier molecular flexibility index (Phi) is 2.68. The van der Waals surface area contributed by atoms with Crippen LogP contribution in [0.3, 0.4) is 0 Å². The number of allylic oxidation sites excluding steroid dienone is 1. The topological polar surface area (TPSA) is 55.1 Å². The van der Waals surface area contributed by atoms with Gasteiger partial charge in [-0.15, -0.1) is 0 Å². The van der Waals surface area contributed by atoms with Crippen molar-refractivity contribution in [3.8, 4) is 0 Å². The van der Waals surface area contributed by atoms with Crippen LogP contribution >= 0.6 is 0 Å². The summed E-state index contributed by atoms with van der Waals surface area (Å²) in [6, 6.07) is 0.536. The van der Waals surface area contributed by atoms with Gasteiger partial charge in [0, 0.05) is 11.6 Å². The maximum Gasteiger partial charge on any atom is 0.248 e. The molecule has 2 aliphatic rings. The third-order valence-corrected chi connectivity index (χ3v) is 3.00. The fourth-order valence-electron chi connectivity index (χ4n) is 2.23. The van der Waals surface area contributed by atoms with Crippen LogP contribution < -0.4 is 11.1 Å². The highest BCUT2D eigenvalue weighted by Crippen LogP contribution is 2.24. The molecule has 1 saturated heterocycles. The monoisotopic (exact) mass is 192 g/mol. The van der Waals surface area contributed by atoms with Gasteiger partial charge < -0.3 is 11.1 Å². The summed E-state index contributed by atoms with van der Waals surface area (Å²) in [4.78, 5) is 11.0. The quantitative estimate of drug-likeness (QED) is 0.677. The van der Waals surface area contributed by atoms with E-state index in [0.29, 0.717) is 17.5 Å². The van der Waals surface area contributed by atoms with E-state index in [0.717, 1.165) is 13.0 Å². The van der Waals surface area contributed by atoms with E-state index >= 15 is 0 Å². The van der Waals surface area contributed by atoms with Crippen molar-refractivity contribution in [2.75, 3.05) is 6.54 Å². The smallest absolute Gasteiger partial charge is 0.248 e. The molecule has 0 radical (unpaired) electrons. The molecular formula is C11H16N2O. The zero-order valence-corrected chi connectivity index (χ0v) is 8.20. The van der Waals surface area contributed by atoms with Crippen molar-refractivity contribution in [1.82, 2.24) is 5.32 Å². The van der Waals surface area contributed by atoms with Crippen molar-refractivity contribution in [3.05, 3.63) is 23.8 Å². The van der Waals surface area contributed by atoms with E-state index in [1.54, 1.807) is 0 Å².